The fourth-order valence-corrected chi connectivity index (χ4v) is 3.27. The molecule has 1 fully saturated rings. The fourth-order valence-electron chi connectivity index (χ4n) is 3.27. The molecule has 1 amide bonds. The molecule has 3 heterocycles. The van der Waals surface area contributed by atoms with Crippen molar-refractivity contribution < 1.29 is 13.7 Å². The molecule has 1 aromatic carbocycles. The number of pyridine rings is 1. The van der Waals surface area contributed by atoms with Gasteiger partial charge in [-0.15, -0.1) is 0 Å². The number of aromatic nitrogens is 3. The highest BCUT2D eigenvalue weighted by Gasteiger charge is 2.27. The van der Waals surface area contributed by atoms with Crippen LogP contribution in [0.5, 0.6) is 0 Å². The number of carbonyl (C=O) groups is 1. The van der Waals surface area contributed by atoms with Crippen LogP contribution in [0.3, 0.4) is 0 Å². The van der Waals surface area contributed by atoms with Crippen LogP contribution in [0.25, 0.3) is 11.6 Å². The van der Waals surface area contributed by atoms with E-state index in [0.717, 1.165) is 18.4 Å². The van der Waals surface area contributed by atoms with Gasteiger partial charge in [-0.1, -0.05) is 23.4 Å². The average Bonchev–Trinajstić information content (AvgIpc) is 3.21. The Morgan fingerprint density at radius 3 is 2.63 bits per heavy atom. The number of benzene rings is 1. The molecule has 0 atom stereocenters. The molecule has 1 saturated heterocycles. The molecule has 3 aromatic rings. The number of rotatable bonds is 4. The molecule has 27 heavy (non-hydrogen) atoms. The molecule has 0 saturated carbocycles. The van der Waals surface area contributed by atoms with Crippen molar-refractivity contribution in [1.29, 1.82) is 0 Å². The van der Waals surface area contributed by atoms with Crippen molar-refractivity contribution in [1.82, 2.24) is 20.0 Å². The zero-order valence-corrected chi connectivity index (χ0v) is 14.7. The van der Waals surface area contributed by atoms with E-state index in [-0.39, 0.29) is 24.1 Å². The van der Waals surface area contributed by atoms with Crippen molar-refractivity contribution in [2.45, 2.75) is 25.2 Å². The van der Waals surface area contributed by atoms with Crippen LogP contribution in [-0.2, 0) is 11.2 Å². The number of nitrogens with zero attached hydrogens (tertiary/aromatic N) is 4. The van der Waals surface area contributed by atoms with Gasteiger partial charge in [0.1, 0.15) is 11.5 Å². The smallest absolute Gasteiger partial charge is 0.276 e. The third-order valence-corrected chi connectivity index (χ3v) is 4.81. The molecule has 6 nitrogen and oxygen atoms in total. The molecule has 0 unspecified atom stereocenters. The van der Waals surface area contributed by atoms with Gasteiger partial charge in [0, 0.05) is 25.2 Å². The van der Waals surface area contributed by atoms with E-state index in [2.05, 4.69) is 15.1 Å². The van der Waals surface area contributed by atoms with Crippen molar-refractivity contribution in [3.05, 3.63) is 65.9 Å². The first kappa shape index (κ1) is 17.3. The van der Waals surface area contributed by atoms with Gasteiger partial charge in [0.2, 0.25) is 5.91 Å². The summed E-state index contributed by atoms with van der Waals surface area (Å²) < 4.78 is 18.3. The number of piperidine rings is 1. The first-order chi connectivity index (χ1) is 13.2. The zero-order valence-electron chi connectivity index (χ0n) is 14.7. The van der Waals surface area contributed by atoms with E-state index in [4.69, 9.17) is 4.52 Å². The summed E-state index contributed by atoms with van der Waals surface area (Å²) in [7, 11) is 0. The first-order valence-corrected chi connectivity index (χ1v) is 8.96. The molecule has 7 heteroatoms. The van der Waals surface area contributed by atoms with Crippen LogP contribution >= 0.6 is 0 Å². The molecule has 1 aliphatic heterocycles. The highest BCUT2D eigenvalue weighted by Crippen LogP contribution is 2.27. The van der Waals surface area contributed by atoms with E-state index in [1.165, 1.54) is 12.1 Å². The van der Waals surface area contributed by atoms with Crippen LogP contribution in [0, 0.1) is 5.82 Å². The molecule has 2 aromatic heterocycles. The molecular weight excluding hydrogens is 347 g/mol. The third kappa shape index (κ3) is 4.02. The standard InChI is InChI=1S/C20H19FN4O2/c21-16-6-4-14(5-7-16)13-18(26)25-11-8-15(9-12-25)19-23-20(27-24-19)17-3-1-2-10-22-17/h1-7,10,15H,8-9,11-13H2. The van der Waals surface area contributed by atoms with Gasteiger partial charge in [-0.3, -0.25) is 9.78 Å². The van der Waals surface area contributed by atoms with Crippen molar-refractivity contribution in [2.24, 2.45) is 0 Å². The molecular formula is C20H19FN4O2. The molecule has 0 N–H and O–H groups in total. The van der Waals surface area contributed by atoms with Crippen LogP contribution in [-0.4, -0.2) is 39.0 Å². The van der Waals surface area contributed by atoms with Gasteiger partial charge >= 0.3 is 0 Å². The van der Waals surface area contributed by atoms with Crippen LogP contribution in [0.4, 0.5) is 4.39 Å². The lowest BCUT2D eigenvalue weighted by atomic mass is 9.95. The van der Waals surface area contributed by atoms with Crippen molar-refractivity contribution >= 4 is 5.91 Å². The lowest BCUT2D eigenvalue weighted by Crippen LogP contribution is -2.39. The normalized spacial score (nSPS) is 15.1. The Kier molecular flexibility index (Phi) is 4.91. The highest BCUT2D eigenvalue weighted by molar-refractivity contribution is 5.78. The Morgan fingerprint density at radius 1 is 1.15 bits per heavy atom. The molecule has 0 radical (unpaired) electrons. The second kappa shape index (κ2) is 7.65. The molecule has 0 aliphatic carbocycles. The van der Waals surface area contributed by atoms with Crippen molar-refractivity contribution in [2.75, 3.05) is 13.1 Å². The quantitative estimate of drug-likeness (QED) is 0.709. The number of likely N-dealkylation sites (tertiary alicyclic amines) is 1. The largest absolute Gasteiger partial charge is 0.342 e. The van der Waals surface area contributed by atoms with Crippen molar-refractivity contribution in [3.63, 3.8) is 0 Å². The third-order valence-electron chi connectivity index (χ3n) is 4.81. The van der Waals surface area contributed by atoms with Gasteiger partial charge in [-0.05, 0) is 42.7 Å². The molecule has 0 bridgehead atoms. The summed E-state index contributed by atoms with van der Waals surface area (Å²) in [6.07, 6.45) is 3.55. The minimum Gasteiger partial charge on any atom is -0.342 e. The maximum absolute atomic E-state index is 13.0. The van der Waals surface area contributed by atoms with E-state index in [9.17, 15) is 9.18 Å². The number of hydrogen-bond donors (Lipinski definition) is 0. The van der Waals surface area contributed by atoms with Crippen LogP contribution in [0.15, 0.2) is 53.2 Å². The minimum absolute atomic E-state index is 0.0577. The monoisotopic (exact) mass is 366 g/mol. The van der Waals surface area contributed by atoms with Crippen molar-refractivity contribution in [3.8, 4) is 11.6 Å². The first-order valence-electron chi connectivity index (χ1n) is 8.96. The number of carbonyl (C=O) groups excluding carboxylic acids is 1. The topological polar surface area (TPSA) is 72.1 Å². The Bertz CT molecular complexity index is 903. The molecule has 1 aliphatic rings. The predicted octanol–water partition coefficient (Wildman–Crippen LogP) is 3.22. The summed E-state index contributed by atoms with van der Waals surface area (Å²) in [5.41, 5.74) is 1.48. The maximum Gasteiger partial charge on any atom is 0.276 e. The van der Waals surface area contributed by atoms with E-state index in [1.807, 2.05) is 23.1 Å². The van der Waals surface area contributed by atoms with Gasteiger partial charge in [0.15, 0.2) is 5.82 Å². The Balaban J connectivity index is 1.34. The van der Waals surface area contributed by atoms with Gasteiger partial charge < -0.3 is 9.42 Å². The molecule has 4 rings (SSSR count). The number of hydrogen-bond acceptors (Lipinski definition) is 5. The average molecular weight is 366 g/mol. The van der Waals surface area contributed by atoms with E-state index in [0.29, 0.717) is 30.5 Å². The fraction of sp³-hybridized carbons (Fsp3) is 0.300. The molecule has 0 spiro atoms. The highest BCUT2D eigenvalue weighted by atomic mass is 19.1. The van der Waals surface area contributed by atoms with Crippen LogP contribution in [0.1, 0.15) is 30.1 Å². The van der Waals surface area contributed by atoms with Gasteiger partial charge in [-0.2, -0.15) is 4.98 Å². The molecule has 138 valence electrons. The SMILES string of the molecule is O=C(Cc1ccc(F)cc1)N1CCC(c2noc(-c3ccccn3)n2)CC1. The lowest BCUT2D eigenvalue weighted by molar-refractivity contribution is -0.131. The second-order valence-electron chi connectivity index (χ2n) is 6.63. The lowest BCUT2D eigenvalue weighted by Gasteiger charge is -2.30. The Labute approximate surface area is 156 Å². The van der Waals surface area contributed by atoms with Gasteiger partial charge in [-0.25, -0.2) is 4.39 Å². The summed E-state index contributed by atoms with van der Waals surface area (Å²) >= 11 is 0. The predicted molar refractivity (Wildman–Crippen MR) is 96.2 cm³/mol. The van der Waals surface area contributed by atoms with Crippen LogP contribution < -0.4 is 0 Å². The number of amides is 1. The summed E-state index contributed by atoms with van der Waals surface area (Å²) in [5.74, 6) is 1.02. The summed E-state index contributed by atoms with van der Waals surface area (Å²) in [5, 5.41) is 4.10. The minimum atomic E-state index is -0.294. The Morgan fingerprint density at radius 2 is 1.93 bits per heavy atom. The number of halogens is 1. The summed E-state index contributed by atoms with van der Waals surface area (Å²) in [4.78, 5) is 23.0. The summed E-state index contributed by atoms with van der Waals surface area (Å²) in [6.45, 7) is 1.30. The zero-order chi connectivity index (χ0) is 18.6. The van der Waals surface area contributed by atoms with E-state index < -0.39 is 0 Å². The van der Waals surface area contributed by atoms with E-state index >= 15 is 0 Å². The van der Waals surface area contributed by atoms with Crippen LogP contribution in [0.2, 0.25) is 0 Å². The second-order valence-corrected chi connectivity index (χ2v) is 6.63. The van der Waals surface area contributed by atoms with Gasteiger partial charge in [0.25, 0.3) is 5.89 Å². The van der Waals surface area contributed by atoms with E-state index in [1.54, 1.807) is 18.3 Å². The maximum atomic E-state index is 13.0. The van der Waals surface area contributed by atoms with Gasteiger partial charge in [0.05, 0.1) is 6.42 Å². The Hall–Kier alpha value is -3.09. The summed E-state index contributed by atoms with van der Waals surface area (Å²) in [6, 6.07) is 11.6.